The van der Waals surface area contributed by atoms with Crippen molar-refractivity contribution in [2.45, 2.75) is 32.2 Å². The number of aromatic nitrogens is 7. The molecule has 0 spiro atoms. The van der Waals surface area contributed by atoms with Crippen LogP contribution in [0.15, 0.2) is 61.3 Å². The lowest BCUT2D eigenvalue weighted by molar-refractivity contribution is -0.142. The zero-order chi connectivity index (χ0) is 28.1. The van der Waals surface area contributed by atoms with Gasteiger partial charge in [-0.1, -0.05) is 26.0 Å². The SMILES string of the molecule is CC(C)C(c1ccc(C(F)(F)F)nc1)n1cc(-c2cc(-c3ccc(C(F)(F)F)nc3)c3nc(N)nn3c2)cn1. The normalized spacial score (nSPS) is 13.4. The van der Waals surface area contributed by atoms with Gasteiger partial charge in [-0.05, 0) is 29.7 Å². The molecule has 0 aromatic carbocycles. The lowest BCUT2D eigenvalue weighted by Gasteiger charge is -2.22. The second-order valence-corrected chi connectivity index (χ2v) is 9.18. The molecule has 5 heterocycles. The Morgan fingerprint density at radius 3 is 2.03 bits per heavy atom. The third-order valence-electron chi connectivity index (χ3n) is 6.08. The summed E-state index contributed by atoms with van der Waals surface area (Å²) in [5, 5.41) is 8.59. The standard InChI is InChI=1S/C25H20F6N8/c1-13(2)21(15-4-6-20(34-9-15)25(29,30)31)38-12-17(10-35-38)16-7-18(22-36-23(32)37-39(22)11-16)14-3-5-19(33-8-14)24(26,27)28/h3-13,21H,1-2H3,(H2,32,37). The van der Waals surface area contributed by atoms with E-state index in [1.165, 1.54) is 22.8 Å². The first-order chi connectivity index (χ1) is 18.3. The molecule has 0 saturated carbocycles. The molecule has 5 aromatic heterocycles. The number of pyridine rings is 3. The molecule has 5 rings (SSSR count). The van der Waals surface area contributed by atoms with Crippen LogP contribution in [0.25, 0.3) is 27.9 Å². The van der Waals surface area contributed by atoms with Crippen LogP contribution < -0.4 is 5.73 Å². The zero-order valence-corrected chi connectivity index (χ0v) is 20.4. The highest BCUT2D eigenvalue weighted by atomic mass is 19.4. The van der Waals surface area contributed by atoms with E-state index in [4.69, 9.17) is 5.73 Å². The van der Waals surface area contributed by atoms with Crippen LogP contribution in [0.3, 0.4) is 0 Å². The van der Waals surface area contributed by atoms with Crippen LogP contribution >= 0.6 is 0 Å². The average molecular weight is 546 g/mol. The topological polar surface area (TPSA) is 99.8 Å². The summed E-state index contributed by atoms with van der Waals surface area (Å²) >= 11 is 0. The lowest BCUT2D eigenvalue weighted by Crippen LogP contribution is -2.18. The van der Waals surface area contributed by atoms with Gasteiger partial charge in [0, 0.05) is 47.0 Å². The summed E-state index contributed by atoms with van der Waals surface area (Å²) in [7, 11) is 0. The maximum atomic E-state index is 13.0. The number of fused-ring (bicyclic) bond motifs is 1. The number of nitrogens with zero attached hydrogens (tertiary/aromatic N) is 7. The zero-order valence-electron chi connectivity index (χ0n) is 20.4. The van der Waals surface area contributed by atoms with Crippen LogP contribution in [0, 0.1) is 5.92 Å². The maximum absolute atomic E-state index is 13.0. The Labute approximate surface area is 217 Å². The Morgan fingerprint density at radius 1 is 0.795 bits per heavy atom. The predicted molar refractivity (Wildman–Crippen MR) is 129 cm³/mol. The van der Waals surface area contributed by atoms with E-state index in [2.05, 4.69) is 25.1 Å². The first kappa shape index (κ1) is 26.1. The summed E-state index contributed by atoms with van der Waals surface area (Å²) in [6.45, 7) is 3.81. The van der Waals surface area contributed by atoms with E-state index in [1.807, 2.05) is 13.8 Å². The molecule has 0 fully saturated rings. The minimum absolute atomic E-state index is 0.0290. The van der Waals surface area contributed by atoms with Gasteiger partial charge < -0.3 is 5.73 Å². The van der Waals surface area contributed by atoms with Crippen molar-refractivity contribution in [2.24, 2.45) is 5.92 Å². The quantitative estimate of drug-likeness (QED) is 0.275. The van der Waals surface area contributed by atoms with Gasteiger partial charge in [-0.25, -0.2) is 4.52 Å². The minimum atomic E-state index is -4.58. The number of nitrogen functional groups attached to an aromatic ring is 1. The molecule has 5 aromatic rings. The van der Waals surface area contributed by atoms with Crippen LogP contribution in [0.2, 0.25) is 0 Å². The van der Waals surface area contributed by atoms with Gasteiger partial charge in [-0.15, -0.1) is 5.10 Å². The number of hydrogen-bond acceptors (Lipinski definition) is 6. The van der Waals surface area contributed by atoms with Crippen molar-refractivity contribution < 1.29 is 26.3 Å². The first-order valence-electron chi connectivity index (χ1n) is 11.6. The predicted octanol–water partition coefficient (Wildman–Crippen LogP) is 5.92. The molecule has 39 heavy (non-hydrogen) atoms. The molecule has 0 aliphatic carbocycles. The van der Waals surface area contributed by atoms with E-state index in [-0.39, 0.29) is 11.9 Å². The van der Waals surface area contributed by atoms with Gasteiger partial charge in [0.25, 0.3) is 0 Å². The Balaban J connectivity index is 1.55. The van der Waals surface area contributed by atoms with Crippen LogP contribution in [0.1, 0.15) is 36.8 Å². The fourth-order valence-corrected chi connectivity index (χ4v) is 4.32. The van der Waals surface area contributed by atoms with E-state index in [0.717, 1.165) is 18.3 Å². The summed E-state index contributed by atoms with van der Waals surface area (Å²) in [6.07, 6.45) is -1.90. The largest absolute Gasteiger partial charge is 0.433 e. The summed E-state index contributed by atoms with van der Waals surface area (Å²) in [4.78, 5) is 11.3. The molecule has 2 N–H and O–H groups in total. The number of hydrogen-bond donors (Lipinski definition) is 1. The molecule has 1 atom stereocenters. The van der Waals surface area contributed by atoms with Crippen molar-refractivity contribution in [1.82, 2.24) is 34.3 Å². The number of alkyl halides is 6. The smallest absolute Gasteiger partial charge is 0.366 e. The van der Waals surface area contributed by atoms with E-state index >= 15 is 0 Å². The Bertz CT molecular complexity index is 1620. The van der Waals surface area contributed by atoms with Crippen LogP contribution in [-0.2, 0) is 12.4 Å². The molecule has 14 heteroatoms. The van der Waals surface area contributed by atoms with E-state index < -0.39 is 29.8 Å². The molecule has 0 amide bonds. The summed E-state index contributed by atoms with van der Waals surface area (Å²) in [5.41, 5.74) is 6.67. The molecule has 0 aliphatic rings. The molecule has 0 radical (unpaired) electrons. The molecule has 0 saturated heterocycles. The van der Waals surface area contributed by atoms with Crippen molar-refractivity contribution in [1.29, 1.82) is 0 Å². The number of nitrogens with two attached hydrogens (primary N) is 1. The Morgan fingerprint density at radius 2 is 1.46 bits per heavy atom. The molecular weight excluding hydrogens is 526 g/mol. The number of anilines is 1. The molecule has 0 aliphatic heterocycles. The fourth-order valence-electron chi connectivity index (χ4n) is 4.32. The molecular formula is C25H20F6N8. The van der Waals surface area contributed by atoms with Gasteiger partial charge in [-0.2, -0.15) is 36.4 Å². The third kappa shape index (κ3) is 5.13. The van der Waals surface area contributed by atoms with Crippen LogP contribution in [0.4, 0.5) is 32.3 Å². The fraction of sp³-hybridized carbons (Fsp3) is 0.240. The minimum Gasteiger partial charge on any atom is -0.366 e. The summed E-state index contributed by atoms with van der Waals surface area (Å²) in [5.74, 6) is -0.0821. The monoisotopic (exact) mass is 546 g/mol. The second-order valence-electron chi connectivity index (χ2n) is 9.18. The van der Waals surface area contributed by atoms with Crippen molar-refractivity contribution in [3.05, 3.63) is 78.3 Å². The van der Waals surface area contributed by atoms with Crippen molar-refractivity contribution in [3.63, 3.8) is 0 Å². The van der Waals surface area contributed by atoms with E-state index in [1.54, 1.807) is 29.3 Å². The van der Waals surface area contributed by atoms with E-state index in [0.29, 0.717) is 33.5 Å². The van der Waals surface area contributed by atoms with E-state index in [9.17, 15) is 26.3 Å². The van der Waals surface area contributed by atoms with Gasteiger partial charge >= 0.3 is 12.4 Å². The highest BCUT2D eigenvalue weighted by Gasteiger charge is 2.33. The maximum Gasteiger partial charge on any atom is 0.433 e. The van der Waals surface area contributed by atoms with Gasteiger partial charge in [-0.3, -0.25) is 14.6 Å². The van der Waals surface area contributed by atoms with Crippen LogP contribution in [-0.4, -0.2) is 34.3 Å². The Hall–Kier alpha value is -4.49. The lowest BCUT2D eigenvalue weighted by atomic mass is 9.97. The van der Waals surface area contributed by atoms with Crippen molar-refractivity contribution in [3.8, 4) is 22.3 Å². The summed E-state index contributed by atoms with van der Waals surface area (Å²) in [6, 6.07) is 5.76. The highest BCUT2D eigenvalue weighted by molar-refractivity contribution is 5.82. The van der Waals surface area contributed by atoms with Crippen molar-refractivity contribution >= 4 is 11.6 Å². The molecule has 202 valence electrons. The van der Waals surface area contributed by atoms with Gasteiger partial charge in [0.05, 0.1) is 12.2 Å². The van der Waals surface area contributed by atoms with Gasteiger partial charge in [0.15, 0.2) is 5.65 Å². The van der Waals surface area contributed by atoms with Gasteiger partial charge in [0.2, 0.25) is 5.95 Å². The molecule has 0 bridgehead atoms. The highest BCUT2D eigenvalue weighted by Crippen LogP contribution is 2.34. The second kappa shape index (κ2) is 9.36. The average Bonchev–Trinajstić information content (AvgIpc) is 3.49. The molecule has 1 unspecified atom stereocenters. The number of halogens is 6. The van der Waals surface area contributed by atoms with Gasteiger partial charge in [0.1, 0.15) is 11.4 Å². The Kier molecular flexibility index (Phi) is 6.27. The third-order valence-corrected chi connectivity index (χ3v) is 6.08. The van der Waals surface area contributed by atoms with Crippen LogP contribution in [0.5, 0.6) is 0 Å². The number of rotatable bonds is 5. The van der Waals surface area contributed by atoms with Crippen molar-refractivity contribution in [2.75, 3.05) is 5.73 Å². The summed E-state index contributed by atoms with van der Waals surface area (Å²) < 4.78 is 81.0. The molecule has 8 nitrogen and oxygen atoms in total. The first-order valence-corrected chi connectivity index (χ1v) is 11.6.